The maximum atomic E-state index is 13.0. The van der Waals surface area contributed by atoms with Gasteiger partial charge in [-0.3, -0.25) is 9.59 Å². The normalized spacial score (nSPS) is 10.5. The molecule has 156 valence electrons. The van der Waals surface area contributed by atoms with Gasteiger partial charge in [-0.2, -0.15) is 0 Å². The third-order valence-electron chi connectivity index (χ3n) is 4.21. The molecular weight excluding hydrogens is 443 g/mol. The number of hydrogen-bond donors (Lipinski definition) is 1. The number of hydrogen-bond acceptors (Lipinski definition) is 4. The molecule has 0 fully saturated rings. The number of carbonyl (C=O) groups excluding carboxylic acids is 2. The number of ether oxygens (including phenoxy) is 1. The van der Waals surface area contributed by atoms with Crippen LogP contribution in [0.5, 0.6) is 5.75 Å². The number of nitrogens with one attached hydrogen (secondary N) is 1. The van der Waals surface area contributed by atoms with Crippen LogP contribution in [0.3, 0.4) is 0 Å². The van der Waals surface area contributed by atoms with Crippen LogP contribution in [0.2, 0.25) is 10.0 Å². The Kier molecular flexibility index (Phi) is 7.37. The second kappa shape index (κ2) is 9.98. The Hall–Kier alpha value is -2.54. The largest absolute Gasteiger partial charge is 0.492 e. The standard InChI is InChI=1S/C22H20Cl2N2O3S/c1-3-29-17-12-18(14-8-5-4-6-9-14)30-21(17)22(28)26(2)13-19(27)25-20-15(23)10-7-11-16(20)24/h4-12H,3,13H2,1-2H3,(H,25,27). The van der Waals surface area contributed by atoms with Gasteiger partial charge in [-0.05, 0) is 30.7 Å². The molecule has 8 heteroatoms. The number of halogens is 2. The van der Waals surface area contributed by atoms with Crippen molar-refractivity contribution in [2.45, 2.75) is 6.92 Å². The molecule has 3 aromatic rings. The number of amides is 2. The number of likely N-dealkylation sites (N-methyl/N-ethyl adjacent to an activating group) is 1. The van der Waals surface area contributed by atoms with Crippen LogP contribution in [0.15, 0.2) is 54.6 Å². The quantitative estimate of drug-likeness (QED) is 0.480. The first kappa shape index (κ1) is 22.2. The van der Waals surface area contributed by atoms with E-state index in [4.69, 9.17) is 27.9 Å². The molecule has 2 aromatic carbocycles. The first-order valence-corrected chi connectivity index (χ1v) is 10.8. The van der Waals surface area contributed by atoms with Gasteiger partial charge < -0.3 is 15.0 Å². The summed E-state index contributed by atoms with van der Waals surface area (Å²) >= 11 is 13.5. The van der Waals surface area contributed by atoms with E-state index in [0.717, 1.165) is 10.4 Å². The van der Waals surface area contributed by atoms with E-state index in [9.17, 15) is 9.59 Å². The van der Waals surface area contributed by atoms with Crippen molar-refractivity contribution in [1.82, 2.24) is 4.90 Å². The molecule has 1 heterocycles. The third-order valence-corrected chi connectivity index (χ3v) is 5.99. The summed E-state index contributed by atoms with van der Waals surface area (Å²) in [4.78, 5) is 28.2. The minimum atomic E-state index is -0.404. The number of anilines is 1. The fourth-order valence-electron chi connectivity index (χ4n) is 2.79. The second-order valence-corrected chi connectivity index (χ2v) is 8.28. The van der Waals surface area contributed by atoms with Gasteiger partial charge in [0.25, 0.3) is 5.91 Å². The molecule has 0 aliphatic rings. The molecular formula is C22H20Cl2N2O3S. The monoisotopic (exact) mass is 462 g/mol. The number of carbonyl (C=O) groups is 2. The Labute approximate surface area is 189 Å². The van der Waals surface area contributed by atoms with E-state index in [1.54, 1.807) is 25.2 Å². The Morgan fingerprint density at radius 1 is 1.07 bits per heavy atom. The summed E-state index contributed by atoms with van der Waals surface area (Å²) in [5, 5.41) is 3.32. The van der Waals surface area contributed by atoms with Gasteiger partial charge in [-0.25, -0.2) is 0 Å². The van der Waals surface area contributed by atoms with E-state index in [1.807, 2.05) is 43.3 Å². The van der Waals surface area contributed by atoms with Crippen LogP contribution in [-0.4, -0.2) is 36.9 Å². The van der Waals surface area contributed by atoms with Crippen molar-refractivity contribution in [3.05, 3.63) is 69.5 Å². The van der Waals surface area contributed by atoms with Crippen molar-refractivity contribution in [2.75, 3.05) is 25.5 Å². The lowest BCUT2D eigenvalue weighted by Gasteiger charge is -2.17. The lowest BCUT2D eigenvalue weighted by molar-refractivity contribution is -0.116. The summed E-state index contributed by atoms with van der Waals surface area (Å²) < 4.78 is 5.67. The molecule has 0 aliphatic heterocycles. The first-order chi connectivity index (χ1) is 14.4. The van der Waals surface area contributed by atoms with Crippen LogP contribution in [-0.2, 0) is 4.79 Å². The molecule has 5 nitrogen and oxygen atoms in total. The van der Waals surface area contributed by atoms with Crippen molar-refractivity contribution in [1.29, 1.82) is 0 Å². The Bertz CT molecular complexity index is 1030. The van der Waals surface area contributed by atoms with Gasteiger partial charge in [0.2, 0.25) is 5.91 Å². The first-order valence-electron chi connectivity index (χ1n) is 9.22. The maximum absolute atomic E-state index is 13.0. The highest BCUT2D eigenvalue weighted by Gasteiger charge is 2.23. The van der Waals surface area contributed by atoms with Crippen LogP contribution in [0.1, 0.15) is 16.6 Å². The van der Waals surface area contributed by atoms with Gasteiger partial charge >= 0.3 is 0 Å². The fraction of sp³-hybridized carbons (Fsp3) is 0.182. The molecule has 3 rings (SSSR count). The molecule has 1 aromatic heterocycles. The topological polar surface area (TPSA) is 58.6 Å². The zero-order valence-electron chi connectivity index (χ0n) is 16.4. The summed E-state index contributed by atoms with van der Waals surface area (Å²) in [5.41, 5.74) is 1.32. The smallest absolute Gasteiger partial charge is 0.267 e. The van der Waals surface area contributed by atoms with Gasteiger partial charge in [-0.15, -0.1) is 11.3 Å². The maximum Gasteiger partial charge on any atom is 0.267 e. The molecule has 1 N–H and O–H groups in total. The molecule has 0 spiro atoms. The van der Waals surface area contributed by atoms with E-state index >= 15 is 0 Å². The zero-order valence-corrected chi connectivity index (χ0v) is 18.8. The van der Waals surface area contributed by atoms with Crippen molar-refractivity contribution in [3.8, 4) is 16.2 Å². The van der Waals surface area contributed by atoms with Crippen LogP contribution in [0.4, 0.5) is 5.69 Å². The van der Waals surface area contributed by atoms with Gasteiger partial charge in [0.05, 0.1) is 28.9 Å². The Balaban J connectivity index is 1.76. The van der Waals surface area contributed by atoms with E-state index < -0.39 is 5.91 Å². The number of rotatable bonds is 7. The summed E-state index contributed by atoms with van der Waals surface area (Å²) in [6.45, 7) is 2.13. The summed E-state index contributed by atoms with van der Waals surface area (Å²) in [5.74, 6) is -0.197. The fourth-order valence-corrected chi connectivity index (χ4v) is 4.38. The van der Waals surface area contributed by atoms with E-state index in [2.05, 4.69) is 5.32 Å². The van der Waals surface area contributed by atoms with Gasteiger partial charge in [-0.1, -0.05) is 59.6 Å². The molecule has 0 saturated carbocycles. The molecule has 2 amide bonds. The minimum Gasteiger partial charge on any atom is -0.492 e. The lowest BCUT2D eigenvalue weighted by atomic mass is 10.2. The molecule has 0 atom stereocenters. The van der Waals surface area contributed by atoms with Crippen LogP contribution in [0, 0.1) is 0 Å². The lowest BCUT2D eigenvalue weighted by Crippen LogP contribution is -2.34. The highest BCUT2D eigenvalue weighted by molar-refractivity contribution is 7.17. The van der Waals surface area contributed by atoms with E-state index in [1.165, 1.54) is 16.2 Å². The van der Waals surface area contributed by atoms with Crippen LogP contribution >= 0.6 is 34.5 Å². The number of thiophene rings is 1. The molecule has 30 heavy (non-hydrogen) atoms. The molecule has 0 bridgehead atoms. The van der Waals surface area contributed by atoms with Crippen molar-refractivity contribution in [2.24, 2.45) is 0 Å². The SMILES string of the molecule is CCOc1cc(-c2ccccc2)sc1C(=O)N(C)CC(=O)Nc1c(Cl)cccc1Cl. The predicted octanol–water partition coefficient (Wildman–Crippen LogP) is 5.83. The van der Waals surface area contributed by atoms with Crippen molar-refractivity contribution >= 4 is 52.0 Å². The van der Waals surface area contributed by atoms with Gasteiger partial charge in [0.1, 0.15) is 10.6 Å². The average molecular weight is 463 g/mol. The minimum absolute atomic E-state index is 0.162. The van der Waals surface area contributed by atoms with E-state index in [-0.39, 0.29) is 12.5 Å². The highest BCUT2D eigenvalue weighted by atomic mass is 35.5. The summed E-state index contributed by atoms with van der Waals surface area (Å²) in [6, 6.07) is 16.6. The van der Waals surface area contributed by atoms with Gasteiger partial charge in [0, 0.05) is 11.9 Å². The Morgan fingerprint density at radius 2 is 1.73 bits per heavy atom. The predicted molar refractivity (Wildman–Crippen MR) is 123 cm³/mol. The van der Waals surface area contributed by atoms with Crippen molar-refractivity contribution < 1.29 is 14.3 Å². The molecule has 0 aliphatic carbocycles. The number of para-hydroxylation sites is 1. The van der Waals surface area contributed by atoms with E-state index in [0.29, 0.717) is 33.0 Å². The van der Waals surface area contributed by atoms with Crippen LogP contribution in [0.25, 0.3) is 10.4 Å². The molecule has 0 unspecified atom stereocenters. The summed E-state index contributed by atoms with van der Waals surface area (Å²) in [6.07, 6.45) is 0. The molecule has 0 radical (unpaired) electrons. The highest BCUT2D eigenvalue weighted by Crippen LogP contribution is 2.37. The van der Waals surface area contributed by atoms with Crippen molar-refractivity contribution in [3.63, 3.8) is 0 Å². The second-order valence-electron chi connectivity index (χ2n) is 6.41. The zero-order chi connectivity index (χ0) is 21.7. The van der Waals surface area contributed by atoms with Crippen LogP contribution < -0.4 is 10.1 Å². The Morgan fingerprint density at radius 3 is 2.37 bits per heavy atom. The number of benzene rings is 2. The number of nitrogens with zero attached hydrogens (tertiary/aromatic N) is 1. The van der Waals surface area contributed by atoms with Gasteiger partial charge in [0.15, 0.2) is 0 Å². The summed E-state index contributed by atoms with van der Waals surface area (Å²) in [7, 11) is 1.56. The average Bonchev–Trinajstić information content (AvgIpc) is 3.15. The third kappa shape index (κ3) is 5.14. The molecule has 0 saturated heterocycles.